The average Bonchev–Trinajstić information content (AvgIpc) is 2.14. The third kappa shape index (κ3) is 5.74. The summed E-state index contributed by atoms with van der Waals surface area (Å²) < 4.78 is 29.2. The van der Waals surface area contributed by atoms with Crippen LogP contribution in [0.3, 0.4) is 0 Å². The molecule has 0 aliphatic rings. The number of rotatable bonds is 5. The molecule has 1 aromatic carbocycles. The molecule has 0 radical (unpaired) electrons. The zero-order chi connectivity index (χ0) is 11.3. The van der Waals surface area contributed by atoms with Gasteiger partial charge >= 0.3 is 0 Å². The van der Waals surface area contributed by atoms with Gasteiger partial charge < -0.3 is 5.32 Å². The lowest BCUT2D eigenvalue weighted by atomic mass is 10.2. The van der Waals surface area contributed by atoms with E-state index in [1.54, 1.807) is 12.1 Å². The smallest absolute Gasteiger partial charge is 0.266 e. The molecule has 1 rings (SSSR count). The number of benzene rings is 1. The molecule has 6 heteroatoms. The second kappa shape index (κ2) is 5.46. The highest BCUT2D eigenvalue weighted by Crippen LogP contribution is 2.08. The third-order valence-corrected chi connectivity index (χ3v) is 2.75. The van der Waals surface area contributed by atoms with Gasteiger partial charge in [0, 0.05) is 18.1 Å². The Bertz CT molecular complexity index is 402. The molecule has 0 aliphatic carbocycles. The van der Waals surface area contributed by atoms with E-state index in [9.17, 15) is 8.42 Å². The third-order valence-electron chi connectivity index (χ3n) is 1.78. The minimum atomic E-state index is -3.87. The van der Waals surface area contributed by atoms with Crippen molar-refractivity contribution in [2.24, 2.45) is 0 Å². The number of hydrogen-bond acceptors (Lipinski definition) is 3. The van der Waals surface area contributed by atoms with Gasteiger partial charge in [0.2, 0.25) is 0 Å². The maximum absolute atomic E-state index is 10.4. The number of nitrogens with one attached hydrogen (secondary N) is 1. The van der Waals surface area contributed by atoms with Crippen LogP contribution in [0.2, 0.25) is 5.02 Å². The lowest BCUT2D eigenvalue weighted by molar-refractivity contribution is 0.480. The van der Waals surface area contributed by atoms with Crippen LogP contribution < -0.4 is 5.32 Å². The van der Waals surface area contributed by atoms with E-state index in [0.29, 0.717) is 11.6 Å². The molecule has 2 N–H and O–H groups in total. The molecular weight excluding hydrogens is 238 g/mol. The van der Waals surface area contributed by atoms with Crippen LogP contribution in [0.25, 0.3) is 0 Å². The lowest BCUT2D eigenvalue weighted by Gasteiger charge is -2.03. The standard InChI is InChI=1S/C9H12ClNO3S/c10-9-3-1-8(2-4-9)7-11-5-6-15(12,13)14/h1-4,11H,5-7H2,(H,12,13,14). The van der Waals surface area contributed by atoms with Gasteiger partial charge in [0.1, 0.15) is 0 Å². The molecular formula is C9H12ClNO3S. The second-order valence-electron chi connectivity index (χ2n) is 3.09. The van der Waals surface area contributed by atoms with Gasteiger partial charge in [-0.15, -0.1) is 0 Å². The summed E-state index contributed by atoms with van der Waals surface area (Å²) in [7, 11) is -3.87. The van der Waals surface area contributed by atoms with Gasteiger partial charge in [-0.05, 0) is 17.7 Å². The molecule has 0 unspecified atom stereocenters. The van der Waals surface area contributed by atoms with E-state index in [2.05, 4.69) is 5.32 Å². The Balaban J connectivity index is 2.29. The summed E-state index contributed by atoms with van der Waals surface area (Å²) >= 11 is 5.70. The SMILES string of the molecule is O=S(=O)(O)CCNCc1ccc(Cl)cc1. The molecule has 1 aromatic rings. The van der Waals surface area contributed by atoms with Crippen molar-refractivity contribution in [1.82, 2.24) is 5.32 Å². The van der Waals surface area contributed by atoms with E-state index in [-0.39, 0.29) is 12.3 Å². The molecule has 15 heavy (non-hydrogen) atoms. The van der Waals surface area contributed by atoms with Crippen molar-refractivity contribution >= 4 is 21.7 Å². The first-order valence-electron chi connectivity index (χ1n) is 4.38. The Kier molecular flexibility index (Phi) is 4.53. The van der Waals surface area contributed by atoms with E-state index in [4.69, 9.17) is 16.2 Å². The first-order chi connectivity index (χ1) is 6.97. The molecule has 0 aromatic heterocycles. The molecule has 0 spiro atoms. The highest BCUT2D eigenvalue weighted by molar-refractivity contribution is 7.85. The van der Waals surface area contributed by atoms with Crippen molar-refractivity contribution in [2.75, 3.05) is 12.3 Å². The van der Waals surface area contributed by atoms with Crippen molar-refractivity contribution in [3.63, 3.8) is 0 Å². The summed E-state index contributed by atoms with van der Waals surface area (Å²) in [6.45, 7) is 0.772. The predicted molar refractivity (Wildman–Crippen MR) is 59.6 cm³/mol. The summed E-state index contributed by atoms with van der Waals surface area (Å²) in [5.41, 5.74) is 1.01. The maximum atomic E-state index is 10.4. The fourth-order valence-electron chi connectivity index (χ4n) is 1.04. The molecule has 0 atom stereocenters. The Hall–Kier alpha value is -0.620. The van der Waals surface area contributed by atoms with Gasteiger partial charge in [-0.25, -0.2) is 0 Å². The van der Waals surface area contributed by atoms with Gasteiger partial charge in [-0.3, -0.25) is 4.55 Å². The Morgan fingerprint density at radius 3 is 2.40 bits per heavy atom. The zero-order valence-electron chi connectivity index (χ0n) is 7.98. The summed E-state index contributed by atoms with van der Waals surface area (Å²) in [4.78, 5) is 0. The highest BCUT2D eigenvalue weighted by Gasteiger charge is 2.02. The Morgan fingerprint density at radius 1 is 1.27 bits per heavy atom. The molecule has 0 aliphatic heterocycles. The van der Waals surface area contributed by atoms with Crippen LogP contribution in [-0.4, -0.2) is 25.3 Å². The van der Waals surface area contributed by atoms with Gasteiger partial charge in [-0.1, -0.05) is 23.7 Å². The maximum Gasteiger partial charge on any atom is 0.266 e. The molecule has 0 saturated heterocycles. The van der Waals surface area contributed by atoms with Gasteiger partial charge in [-0.2, -0.15) is 8.42 Å². The van der Waals surface area contributed by atoms with E-state index in [1.165, 1.54) is 0 Å². The lowest BCUT2D eigenvalue weighted by Crippen LogP contribution is -2.22. The molecule has 0 saturated carbocycles. The van der Waals surface area contributed by atoms with E-state index in [0.717, 1.165) is 5.56 Å². The monoisotopic (exact) mass is 249 g/mol. The first kappa shape index (κ1) is 12.4. The number of halogens is 1. The largest absolute Gasteiger partial charge is 0.312 e. The molecule has 0 fully saturated rings. The minimum absolute atomic E-state index is 0.224. The van der Waals surface area contributed by atoms with Gasteiger partial charge in [0.05, 0.1) is 5.75 Å². The molecule has 0 heterocycles. The Labute approximate surface area is 94.0 Å². The second-order valence-corrected chi connectivity index (χ2v) is 5.10. The van der Waals surface area contributed by atoms with Crippen molar-refractivity contribution in [3.05, 3.63) is 34.9 Å². The summed E-state index contributed by atoms with van der Waals surface area (Å²) in [5, 5.41) is 3.56. The van der Waals surface area contributed by atoms with E-state index < -0.39 is 10.1 Å². The molecule has 0 bridgehead atoms. The fraction of sp³-hybridized carbons (Fsp3) is 0.333. The number of hydrogen-bond donors (Lipinski definition) is 2. The van der Waals surface area contributed by atoms with Crippen LogP contribution in [0.15, 0.2) is 24.3 Å². The van der Waals surface area contributed by atoms with Crippen LogP contribution in [0.1, 0.15) is 5.56 Å². The molecule has 84 valence electrons. The summed E-state index contributed by atoms with van der Waals surface area (Å²) in [6.07, 6.45) is 0. The Morgan fingerprint density at radius 2 is 1.87 bits per heavy atom. The van der Waals surface area contributed by atoms with Crippen LogP contribution in [0.5, 0.6) is 0 Å². The van der Waals surface area contributed by atoms with Crippen molar-refractivity contribution in [2.45, 2.75) is 6.54 Å². The van der Waals surface area contributed by atoms with Gasteiger partial charge in [0.25, 0.3) is 10.1 Å². The quantitative estimate of drug-likeness (QED) is 0.610. The van der Waals surface area contributed by atoms with Gasteiger partial charge in [0.15, 0.2) is 0 Å². The van der Waals surface area contributed by atoms with E-state index in [1.807, 2.05) is 12.1 Å². The predicted octanol–water partition coefficient (Wildman–Crippen LogP) is 1.32. The van der Waals surface area contributed by atoms with Crippen molar-refractivity contribution in [1.29, 1.82) is 0 Å². The van der Waals surface area contributed by atoms with Crippen molar-refractivity contribution in [3.8, 4) is 0 Å². The van der Waals surface area contributed by atoms with Crippen LogP contribution in [-0.2, 0) is 16.7 Å². The summed E-state index contributed by atoms with van der Waals surface area (Å²) in [5.74, 6) is -0.277. The summed E-state index contributed by atoms with van der Waals surface area (Å²) in [6, 6.07) is 7.23. The van der Waals surface area contributed by atoms with E-state index >= 15 is 0 Å². The highest BCUT2D eigenvalue weighted by atomic mass is 35.5. The molecule has 4 nitrogen and oxygen atoms in total. The van der Waals surface area contributed by atoms with Crippen LogP contribution in [0, 0.1) is 0 Å². The molecule has 0 amide bonds. The van der Waals surface area contributed by atoms with Crippen molar-refractivity contribution < 1.29 is 13.0 Å². The normalized spacial score (nSPS) is 11.6. The fourth-order valence-corrected chi connectivity index (χ4v) is 1.56. The van der Waals surface area contributed by atoms with Crippen LogP contribution in [0.4, 0.5) is 0 Å². The average molecular weight is 250 g/mol. The topological polar surface area (TPSA) is 66.4 Å². The van der Waals surface area contributed by atoms with Crippen LogP contribution >= 0.6 is 11.6 Å². The zero-order valence-corrected chi connectivity index (χ0v) is 9.55. The first-order valence-corrected chi connectivity index (χ1v) is 6.36. The minimum Gasteiger partial charge on any atom is -0.312 e.